The third-order valence-corrected chi connectivity index (χ3v) is 3.06. The lowest BCUT2D eigenvalue weighted by molar-refractivity contribution is 0.386. The molecule has 0 saturated carbocycles. The van der Waals surface area contributed by atoms with Crippen LogP contribution in [0.15, 0.2) is 24.5 Å². The Bertz CT molecular complexity index is 530. The van der Waals surface area contributed by atoms with Gasteiger partial charge in [-0.1, -0.05) is 13.0 Å². The second kappa shape index (κ2) is 7.00. The molecule has 1 heterocycles. The van der Waals surface area contributed by atoms with Crippen molar-refractivity contribution in [2.75, 3.05) is 13.7 Å². The summed E-state index contributed by atoms with van der Waals surface area (Å²) in [6.45, 7) is 2.96. The zero-order valence-corrected chi connectivity index (χ0v) is 11.7. The van der Waals surface area contributed by atoms with E-state index in [0.29, 0.717) is 6.42 Å². The van der Waals surface area contributed by atoms with Gasteiger partial charge in [0.1, 0.15) is 12.2 Å². The van der Waals surface area contributed by atoms with Crippen LogP contribution in [0, 0.1) is 5.82 Å². The summed E-state index contributed by atoms with van der Waals surface area (Å²) in [5.74, 6) is 0.665. The molecule has 108 valence electrons. The van der Waals surface area contributed by atoms with Crippen LogP contribution in [0.1, 0.15) is 30.8 Å². The van der Waals surface area contributed by atoms with Crippen LogP contribution in [-0.4, -0.2) is 28.8 Å². The SMILES string of the molecule is CCCNC(Cc1ccc(OC)c(F)c1)c1ncn[nH]1. The number of nitrogens with zero attached hydrogens (tertiary/aromatic N) is 2. The lowest BCUT2D eigenvalue weighted by atomic mass is 10.0. The van der Waals surface area contributed by atoms with E-state index in [1.807, 2.05) is 6.07 Å². The predicted molar refractivity (Wildman–Crippen MR) is 74.1 cm³/mol. The van der Waals surface area contributed by atoms with Gasteiger partial charge in [-0.3, -0.25) is 5.10 Å². The predicted octanol–water partition coefficient (Wildman–Crippen LogP) is 2.24. The van der Waals surface area contributed by atoms with E-state index in [2.05, 4.69) is 27.4 Å². The van der Waals surface area contributed by atoms with Gasteiger partial charge in [-0.25, -0.2) is 9.37 Å². The minimum absolute atomic E-state index is 0.00903. The average molecular weight is 278 g/mol. The highest BCUT2D eigenvalue weighted by atomic mass is 19.1. The van der Waals surface area contributed by atoms with Gasteiger partial charge in [0.05, 0.1) is 13.2 Å². The first-order valence-electron chi connectivity index (χ1n) is 6.65. The minimum Gasteiger partial charge on any atom is -0.494 e. The third kappa shape index (κ3) is 3.54. The fourth-order valence-electron chi connectivity index (χ4n) is 2.04. The van der Waals surface area contributed by atoms with Gasteiger partial charge in [0.15, 0.2) is 11.6 Å². The Morgan fingerprint density at radius 1 is 1.45 bits per heavy atom. The van der Waals surface area contributed by atoms with Crippen molar-refractivity contribution >= 4 is 0 Å². The van der Waals surface area contributed by atoms with Gasteiger partial charge in [0.25, 0.3) is 0 Å². The number of halogens is 1. The van der Waals surface area contributed by atoms with E-state index < -0.39 is 0 Å². The molecule has 0 spiro atoms. The smallest absolute Gasteiger partial charge is 0.165 e. The first-order valence-corrected chi connectivity index (χ1v) is 6.65. The van der Waals surface area contributed by atoms with Gasteiger partial charge in [-0.05, 0) is 37.1 Å². The molecule has 1 atom stereocenters. The van der Waals surface area contributed by atoms with Gasteiger partial charge < -0.3 is 10.1 Å². The molecule has 5 nitrogen and oxygen atoms in total. The molecule has 0 aliphatic carbocycles. The Morgan fingerprint density at radius 2 is 2.30 bits per heavy atom. The van der Waals surface area contributed by atoms with Crippen molar-refractivity contribution < 1.29 is 9.13 Å². The number of rotatable bonds is 7. The zero-order chi connectivity index (χ0) is 14.4. The lowest BCUT2D eigenvalue weighted by Gasteiger charge is -2.16. The summed E-state index contributed by atoms with van der Waals surface area (Å²) in [4.78, 5) is 4.17. The summed E-state index contributed by atoms with van der Waals surface area (Å²) in [5, 5.41) is 10.1. The van der Waals surface area contributed by atoms with Crippen LogP contribution in [0.5, 0.6) is 5.75 Å². The van der Waals surface area contributed by atoms with E-state index in [4.69, 9.17) is 4.74 Å². The normalized spacial score (nSPS) is 12.3. The highest BCUT2D eigenvalue weighted by Gasteiger charge is 2.15. The Morgan fingerprint density at radius 3 is 2.90 bits per heavy atom. The number of H-pyrrole nitrogens is 1. The molecule has 6 heteroatoms. The molecule has 1 unspecified atom stereocenters. The quantitative estimate of drug-likeness (QED) is 0.815. The number of methoxy groups -OCH3 is 1. The number of hydrogen-bond acceptors (Lipinski definition) is 4. The largest absolute Gasteiger partial charge is 0.494 e. The van der Waals surface area contributed by atoms with E-state index in [1.165, 1.54) is 19.5 Å². The average Bonchev–Trinajstić information content (AvgIpc) is 2.97. The van der Waals surface area contributed by atoms with Crippen molar-refractivity contribution in [3.8, 4) is 5.75 Å². The zero-order valence-electron chi connectivity index (χ0n) is 11.7. The monoisotopic (exact) mass is 278 g/mol. The summed E-state index contributed by atoms with van der Waals surface area (Å²) < 4.78 is 18.6. The molecule has 2 aromatic rings. The fourth-order valence-corrected chi connectivity index (χ4v) is 2.04. The lowest BCUT2D eigenvalue weighted by Crippen LogP contribution is -2.25. The van der Waals surface area contributed by atoms with Crippen molar-refractivity contribution in [3.63, 3.8) is 0 Å². The van der Waals surface area contributed by atoms with Crippen molar-refractivity contribution in [1.82, 2.24) is 20.5 Å². The van der Waals surface area contributed by atoms with Gasteiger partial charge in [0.2, 0.25) is 0 Å². The molecule has 20 heavy (non-hydrogen) atoms. The summed E-state index contributed by atoms with van der Waals surface area (Å²) in [7, 11) is 1.46. The van der Waals surface area contributed by atoms with Crippen LogP contribution in [-0.2, 0) is 6.42 Å². The van der Waals surface area contributed by atoms with E-state index in [1.54, 1.807) is 6.07 Å². The van der Waals surface area contributed by atoms with Crippen molar-refractivity contribution in [2.24, 2.45) is 0 Å². The minimum atomic E-state index is -0.350. The van der Waals surface area contributed by atoms with Crippen LogP contribution in [0.2, 0.25) is 0 Å². The summed E-state index contributed by atoms with van der Waals surface area (Å²) in [6.07, 6.45) is 3.13. The van der Waals surface area contributed by atoms with Gasteiger partial charge in [0, 0.05) is 0 Å². The molecule has 0 amide bonds. The molecule has 0 fully saturated rings. The van der Waals surface area contributed by atoms with Crippen LogP contribution in [0.3, 0.4) is 0 Å². The molecule has 0 aliphatic heterocycles. The van der Waals surface area contributed by atoms with Gasteiger partial charge in [-0.15, -0.1) is 0 Å². The third-order valence-electron chi connectivity index (χ3n) is 3.06. The maximum atomic E-state index is 13.7. The number of ether oxygens (including phenoxy) is 1. The van der Waals surface area contributed by atoms with Crippen LogP contribution < -0.4 is 10.1 Å². The Kier molecular flexibility index (Phi) is 5.06. The van der Waals surface area contributed by atoms with E-state index in [-0.39, 0.29) is 17.6 Å². The first-order chi connectivity index (χ1) is 9.74. The van der Waals surface area contributed by atoms with E-state index in [0.717, 1.165) is 24.4 Å². The van der Waals surface area contributed by atoms with Crippen LogP contribution in [0.25, 0.3) is 0 Å². The standard InChI is InChI=1S/C14H19FN4O/c1-3-6-16-12(14-17-9-18-19-14)8-10-4-5-13(20-2)11(15)7-10/h4-5,7,9,12,16H,3,6,8H2,1-2H3,(H,17,18,19). The van der Waals surface area contributed by atoms with Crippen molar-refractivity contribution in [1.29, 1.82) is 0 Å². The van der Waals surface area contributed by atoms with Crippen LogP contribution in [0.4, 0.5) is 4.39 Å². The molecule has 2 N–H and O–H groups in total. The van der Waals surface area contributed by atoms with Crippen molar-refractivity contribution in [2.45, 2.75) is 25.8 Å². The first kappa shape index (κ1) is 14.5. The van der Waals surface area contributed by atoms with Gasteiger partial charge in [-0.2, -0.15) is 5.10 Å². The molecule has 0 bridgehead atoms. The summed E-state index contributed by atoms with van der Waals surface area (Å²) in [6, 6.07) is 4.99. The molecule has 2 rings (SSSR count). The number of aromatic nitrogens is 3. The Hall–Kier alpha value is -1.95. The molecule has 0 radical (unpaired) electrons. The topological polar surface area (TPSA) is 62.8 Å². The molecule has 0 aliphatic rings. The highest BCUT2D eigenvalue weighted by Crippen LogP contribution is 2.21. The van der Waals surface area contributed by atoms with Crippen LogP contribution >= 0.6 is 0 Å². The Balaban J connectivity index is 2.13. The van der Waals surface area contributed by atoms with Crippen molar-refractivity contribution in [3.05, 3.63) is 41.7 Å². The molecular weight excluding hydrogens is 259 g/mol. The molecular formula is C14H19FN4O. The molecule has 1 aromatic carbocycles. The van der Waals surface area contributed by atoms with Gasteiger partial charge >= 0.3 is 0 Å². The number of hydrogen-bond donors (Lipinski definition) is 2. The second-order valence-corrected chi connectivity index (χ2v) is 4.55. The van der Waals surface area contributed by atoms with E-state index >= 15 is 0 Å². The second-order valence-electron chi connectivity index (χ2n) is 4.55. The van der Waals surface area contributed by atoms with E-state index in [9.17, 15) is 4.39 Å². The number of aromatic amines is 1. The fraction of sp³-hybridized carbons (Fsp3) is 0.429. The maximum Gasteiger partial charge on any atom is 0.165 e. The molecule has 1 aromatic heterocycles. The summed E-state index contributed by atoms with van der Waals surface area (Å²) in [5.41, 5.74) is 0.883. The summed E-state index contributed by atoms with van der Waals surface area (Å²) >= 11 is 0. The molecule has 0 saturated heterocycles. The number of benzene rings is 1. The Labute approximate surface area is 117 Å². The highest BCUT2D eigenvalue weighted by molar-refractivity contribution is 5.30. The number of nitrogens with one attached hydrogen (secondary N) is 2. The maximum absolute atomic E-state index is 13.7.